The number of likely N-dealkylation sites (tertiary alicyclic amines) is 1. The summed E-state index contributed by atoms with van der Waals surface area (Å²) in [6.07, 6.45) is 3.85. The van der Waals surface area contributed by atoms with Crippen LogP contribution in [0.1, 0.15) is 42.8 Å². The van der Waals surface area contributed by atoms with Crippen LogP contribution in [0.15, 0.2) is 54.6 Å². The van der Waals surface area contributed by atoms with E-state index in [-0.39, 0.29) is 17.7 Å². The molecule has 1 aliphatic rings. The molecule has 0 aliphatic carbocycles. The van der Waals surface area contributed by atoms with E-state index >= 15 is 0 Å². The lowest BCUT2D eigenvalue weighted by atomic mass is 10.0. The summed E-state index contributed by atoms with van der Waals surface area (Å²) in [7, 11) is 0. The molecule has 1 amide bonds. The number of benzene rings is 2. The smallest absolute Gasteiger partial charge is 0.275 e. The number of rotatable bonds is 7. The number of nitrogens with zero attached hydrogens (tertiary/aromatic N) is 1. The summed E-state index contributed by atoms with van der Waals surface area (Å²) in [5.41, 5.74) is 2.09. The zero-order chi connectivity index (χ0) is 20.9. The predicted octanol–water partition coefficient (Wildman–Crippen LogP) is 2.72. The number of para-hydroxylation sites is 1. The third-order valence-electron chi connectivity index (χ3n) is 5.84. The minimum Gasteiger partial charge on any atom is -0.341 e. The summed E-state index contributed by atoms with van der Waals surface area (Å²) >= 11 is 1.74. The van der Waals surface area contributed by atoms with Crippen LogP contribution in [-0.4, -0.2) is 35.8 Å². The fourth-order valence-corrected chi connectivity index (χ4v) is 5.39. The first kappa shape index (κ1) is 20.7. The van der Waals surface area contributed by atoms with E-state index in [0.29, 0.717) is 13.0 Å². The normalized spacial score (nSPS) is 20.0. The van der Waals surface area contributed by atoms with Gasteiger partial charge in [0.25, 0.3) is 5.91 Å². The number of fused-ring (bicyclic) bond motifs is 1. The van der Waals surface area contributed by atoms with Crippen molar-refractivity contribution >= 4 is 33.2 Å². The van der Waals surface area contributed by atoms with Crippen molar-refractivity contribution in [2.45, 2.75) is 44.7 Å². The number of aromatic nitrogens is 1. The average Bonchev–Trinajstić information content (AvgIpc) is 3.18. The lowest BCUT2D eigenvalue weighted by molar-refractivity contribution is -0.929. The SMILES string of the molecule is CC(=O)[C@H](Cc1ccccc1)NC(=O)C[NH+]1CCCC[C@@H]1c1nc2ccccc2s1. The fourth-order valence-electron chi connectivity index (χ4n) is 4.23. The van der Waals surface area contributed by atoms with Crippen molar-refractivity contribution in [3.8, 4) is 0 Å². The van der Waals surface area contributed by atoms with E-state index in [1.807, 2.05) is 48.5 Å². The molecular weight excluding hydrogens is 394 g/mol. The molecule has 0 bridgehead atoms. The molecule has 3 aromatic rings. The van der Waals surface area contributed by atoms with Gasteiger partial charge >= 0.3 is 0 Å². The van der Waals surface area contributed by atoms with Gasteiger partial charge in [-0.2, -0.15) is 0 Å². The van der Waals surface area contributed by atoms with Crippen LogP contribution < -0.4 is 10.2 Å². The predicted molar refractivity (Wildman–Crippen MR) is 120 cm³/mol. The number of carbonyl (C=O) groups is 2. The number of hydrogen-bond acceptors (Lipinski definition) is 4. The van der Waals surface area contributed by atoms with E-state index in [0.717, 1.165) is 41.9 Å². The molecule has 1 fully saturated rings. The average molecular weight is 423 g/mol. The van der Waals surface area contributed by atoms with Gasteiger partial charge in [-0.15, -0.1) is 11.3 Å². The molecule has 0 spiro atoms. The summed E-state index contributed by atoms with van der Waals surface area (Å²) in [5, 5.41) is 4.10. The molecule has 1 saturated heterocycles. The van der Waals surface area contributed by atoms with Gasteiger partial charge in [0.15, 0.2) is 17.3 Å². The first-order chi connectivity index (χ1) is 14.6. The maximum absolute atomic E-state index is 12.9. The van der Waals surface area contributed by atoms with Crippen molar-refractivity contribution in [2.24, 2.45) is 0 Å². The van der Waals surface area contributed by atoms with Gasteiger partial charge in [-0.05, 0) is 43.9 Å². The molecule has 3 atom stereocenters. The van der Waals surface area contributed by atoms with Crippen LogP contribution in [-0.2, 0) is 16.0 Å². The Morgan fingerprint density at radius 1 is 1.13 bits per heavy atom. The summed E-state index contributed by atoms with van der Waals surface area (Å²) in [5.74, 6) is -0.0716. The second-order valence-electron chi connectivity index (χ2n) is 8.07. The van der Waals surface area contributed by atoms with Gasteiger partial charge < -0.3 is 10.2 Å². The van der Waals surface area contributed by atoms with Gasteiger partial charge in [0.2, 0.25) is 0 Å². The minimum absolute atomic E-state index is 0.0106. The molecule has 5 nitrogen and oxygen atoms in total. The van der Waals surface area contributed by atoms with Gasteiger partial charge in [-0.25, -0.2) is 4.98 Å². The highest BCUT2D eigenvalue weighted by Crippen LogP contribution is 2.28. The highest BCUT2D eigenvalue weighted by Gasteiger charge is 2.32. The lowest BCUT2D eigenvalue weighted by Crippen LogP contribution is -3.14. The highest BCUT2D eigenvalue weighted by molar-refractivity contribution is 7.18. The standard InChI is InChI=1S/C24H27N3O2S/c1-17(28)20(15-18-9-3-2-4-10-18)25-23(29)16-27-14-8-7-12-21(27)24-26-19-11-5-6-13-22(19)30-24/h2-6,9-11,13,20-21H,7-8,12,14-16H2,1H3,(H,25,29)/p+1/t20-,21+/m0/s1. The lowest BCUT2D eigenvalue weighted by Gasteiger charge is -2.31. The van der Waals surface area contributed by atoms with Crippen LogP contribution in [0, 0.1) is 0 Å². The quantitative estimate of drug-likeness (QED) is 0.615. The van der Waals surface area contributed by atoms with Crippen molar-refractivity contribution in [1.82, 2.24) is 10.3 Å². The topological polar surface area (TPSA) is 63.5 Å². The molecule has 2 heterocycles. The van der Waals surface area contributed by atoms with Crippen LogP contribution in [0.5, 0.6) is 0 Å². The third-order valence-corrected chi connectivity index (χ3v) is 6.99. The van der Waals surface area contributed by atoms with Crippen molar-refractivity contribution in [2.75, 3.05) is 13.1 Å². The number of quaternary nitrogens is 1. The maximum atomic E-state index is 12.9. The number of ketones is 1. The monoisotopic (exact) mass is 422 g/mol. The van der Waals surface area contributed by atoms with Crippen molar-refractivity contribution < 1.29 is 14.5 Å². The first-order valence-electron chi connectivity index (χ1n) is 10.6. The van der Waals surface area contributed by atoms with Crippen molar-refractivity contribution in [3.63, 3.8) is 0 Å². The van der Waals surface area contributed by atoms with Gasteiger partial charge in [0, 0.05) is 6.42 Å². The molecule has 2 N–H and O–H groups in total. The number of Topliss-reactive ketones (excluding diaryl/α,β-unsaturated/α-hetero) is 1. The Bertz CT molecular complexity index is 984. The number of carbonyl (C=O) groups excluding carboxylic acids is 2. The number of amides is 1. The van der Waals surface area contributed by atoms with Crippen LogP contribution in [0.25, 0.3) is 10.2 Å². The van der Waals surface area contributed by atoms with Gasteiger partial charge in [0.05, 0.1) is 22.8 Å². The van der Waals surface area contributed by atoms with E-state index in [4.69, 9.17) is 4.98 Å². The van der Waals surface area contributed by atoms with E-state index in [9.17, 15) is 9.59 Å². The molecule has 30 heavy (non-hydrogen) atoms. The molecular formula is C24H28N3O2S+. The Labute approximate surface area is 181 Å². The molecule has 1 aromatic heterocycles. The van der Waals surface area contributed by atoms with Crippen LogP contribution in [0.4, 0.5) is 0 Å². The van der Waals surface area contributed by atoms with Crippen LogP contribution in [0.3, 0.4) is 0 Å². The molecule has 6 heteroatoms. The molecule has 0 radical (unpaired) electrons. The van der Waals surface area contributed by atoms with Crippen molar-refractivity contribution in [1.29, 1.82) is 0 Å². The Morgan fingerprint density at radius 3 is 2.67 bits per heavy atom. The van der Waals surface area contributed by atoms with Crippen LogP contribution in [0.2, 0.25) is 0 Å². The van der Waals surface area contributed by atoms with E-state index in [1.165, 1.54) is 9.60 Å². The highest BCUT2D eigenvalue weighted by atomic mass is 32.1. The Kier molecular flexibility index (Phi) is 6.55. The fraction of sp³-hybridized carbons (Fsp3) is 0.375. The second kappa shape index (κ2) is 9.49. The number of thiazole rings is 1. The Hall–Kier alpha value is -2.57. The van der Waals surface area contributed by atoms with Crippen molar-refractivity contribution in [3.05, 3.63) is 65.2 Å². The summed E-state index contributed by atoms with van der Waals surface area (Å²) in [6.45, 7) is 2.88. The van der Waals surface area contributed by atoms with E-state index < -0.39 is 6.04 Å². The zero-order valence-electron chi connectivity index (χ0n) is 17.3. The number of nitrogens with one attached hydrogen (secondary N) is 2. The molecule has 1 aliphatic heterocycles. The van der Waals surface area contributed by atoms with Gasteiger partial charge in [-0.1, -0.05) is 42.5 Å². The Balaban J connectivity index is 1.44. The zero-order valence-corrected chi connectivity index (χ0v) is 18.1. The molecule has 1 unspecified atom stereocenters. The molecule has 2 aromatic carbocycles. The maximum Gasteiger partial charge on any atom is 0.275 e. The molecule has 0 saturated carbocycles. The Morgan fingerprint density at radius 2 is 1.90 bits per heavy atom. The molecule has 156 valence electrons. The number of hydrogen-bond donors (Lipinski definition) is 2. The largest absolute Gasteiger partial charge is 0.341 e. The summed E-state index contributed by atoms with van der Waals surface area (Å²) in [4.78, 5) is 31.1. The van der Waals surface area contributed by atoms with Gasteiger partial charge in [0.1, 0.15) is 6.04 Å². The third kappa shape index (κ3) is 4.94. The van der Waals surface area contributed by atoms with E-state index in [1.54, 1.807) is 18.3 Å². The second-order valence-corrected chi connectivity index (χ2v) is 9.14. The summed E-state index contributed by atoms with van der Waals surface area (Å²) in [6, 6.07) is 17.8. The number of piperidine rings is 1. The minimum atomic E-state index is -0.481. The molecule has 4 rings (SSSR count). The first-order valence-corrected chi connectivity index (χ1v) is 11.5. The van der Waals surface area contributed by atoms with Gasteiger partial charge in [-0.3, -0.25) is 9.59 Å². The van der Waals surface area contributed by atoms with E-state index in [2.05, 4.69) is 11.4 Å². The van der Waals surface area contributed by atoms with Crippen LogP contribution >= 0.6 is 11.3 Å². The summed E-state index contributed by atoms with van der Waals surface area (Å²) < 4.78 is 1.20.